The van der Waals surface area contributed by atoms with Crippen LogP contribution in [0.2, 0.25) is 5.15 Å². The van der Waals surface area contributed by atoms with Gasteiger partial charge in [0.1, 0.15) is 11.0 Å². The van der Waals surface area contributed by atoms with Crippen molar-refractivity contribution < 1.29 is 0 Å². The third-order valence-corrected chi connectivity index (χ3v) is 3.93. The first kappa shape index (κ1) is 14.7. The first-order valence-electron chi connectivity index (χ1n) is 7.12. The Morgan fingerprint density at radius 2 is 2.05 bits per heavy atom. The molecule has 1 aromatic heterocycles. The minimum atomic E-state index is 0.317. The second-order valence-corrected chi connectivity index (χ2v) is 7.08. The summed E-state index contributed by atoms with van der Waals surface area (Å²) in [6.07, 6.45) is 3.18. The second-order valence-electron chi connectivity index (χ2n) is 6.72. The van der Waals surface area contributed by atoms with E-state index < -0.39 is 0 Å². The monoisotopic (exact) mass is 281 g/mol. The molecule has 1 aromatic rings. The number of halogens is 1. The van der Waals surface area contributed by atoms with E-state index in [0.717, 1.165) is 36.5 Å². The predicted molar refractivity (Wildman–Crippen MR) is 79.4 cm³/mol. The Balaban J connectivity index is 2.11. The summed E-state index contributed by atoms with van der Waals surface area (Å²) in [5.41, 5.74) is 2.63. The van der Waals surface area contributed by atoms with Gasteiger partial charge in [0.2, 0.25) is 0 Å². The lowest BCUT2D eigenvalue weighted by Gasteiger charge is -2.31. The molecular weight excluding hydrogens is 258 g/mol. The van der Waals surface area contributed by atoms with Gasteiger partial charge in [-0.1, -0.05) is 39.3 Å². The Kier molecular flexibility index (Phi) is 4.46. The van der Waals surface area contributed by atoms with E-state index in [1.807, 2.05) is 0 Å². The summed E-state index contributed by atoms with van der Waals surface area (Å²) >= 11 is 6.34. The topological polar surface area (TPSA) is 37.8 Å². The fourth-order valence-corrected chi connectivity index (χ4v) is 2.78. The lowest BCUT2D eigenvalue weighted by atomic mass is 9.76. The normalized spacial score (nSPS) is 17.6. The van der Waals surface area contributed by atoms with Crippen molar-refractivity contribution in [2.45, 2.75) is 53.5 Å². The summed E-state index contributed by atoms with van der Waals surface area (Å²) in [5.74, 6) is 1.46. The highest BCUT2D eigenvalue weighted by molar-refractivity contribution is 6.30. The van der Waals surface area contributed by atoms with E-state index in [9.17, 15) is 0 Å². The molecule has 3 nitrogen and oxygen atoms in total. The molecule has 0 aromatic carbocycles. The van der Waals surface area contributed by atoms with E-state index in [4.69, 9.17) is 11.6 Å². The predicted octanol–water partition coefficient (Wildman–Crippen LogP) is 3.39. The lowest BCUT2D eigenvalue weighted by molar-refractivity contribution is 0.311. The van der Waals surface area contributed by atoms with Crippen LogP contribution in [0.3, 0.4) is 0 Å². The Morgan fingerprint density at radius 1 is 1.32 bits per heavy atom. The van der Waals surface area contributed by atoms with Gasteiger partial charge in [-0.15, -0.1) is 0 Å². The summed E-state index contributed by atoms with van der Waals surface area (Å²) in [7, 11) is 0. The van der Waals surface area contributed by atoms with Gasteiger partial charge in [0.05, 0.1) is 6.54 Å². The van der Waals surface area contributed by atoms with Crippen molar-refractivity contribution in [2.75, 3.05) is 6.54 Å². The SMILES string of the molecule is CC(C)CNCc1nc(Cl)c2c(n1)CCC(C)(C)C2. The minimum absolute atomic E-state index is 0.317. The smallest absolute Gasteiger partial charge is 0.144 e. The number of aryl methyl sites for hydroxylation is 1. The zero-order chi connectivity index (χ0) is 14.0. The average Bonchev–Trinajstić information content (AvgIpc) is 2.29. The molecule has 0 aliphatic heterocycles. The van der Waals surface area contributed by atoms with Gasteiger partial charge in [-0.2, -0.15) is 0 Å². The van der Waals surface area contributed by atoms with Crippen LogP contribution < -0.4 is 5.32 Å². The molecule has 0 amide bonds. The second kappa shape index (κ2) is 5.76. The Labute approximate surface area is 121 Å². The molecule has 0 unspecified atom stereocenters. The fourth-order valence-electron chi connectivity index (χ4n) is 2.51. The maximum absolute atomic E-state index is 6.34. The van der Waals surface area contributed by atoms with Gasteiger partial charge in [0, 0.05) is 11.3 Å². The van der Waals surface area contributed by atoms with Gasteiger partial charge < -0.3 is 5.32 Å². The van der Waals surface area contributed by atoms with Crippen LogP contribution in [0, 0.1) is 11.3 Å². The van der Waals surface area contributed by atoms with Crippen LogP contribution in [0.25, 0.3) is 0 Å². The molecule has 0 saturated heterocycles. The highest BCUT2D eigenvalue weighted by Gasteiger charge is 2.28. The van der Waals surface area contributed by atoms with E-state index in [0.29, 0.717) is 23.0 Å². The van der Waals surface area contributed by atoms with Crippen LogP contribution >= 0.6 is 11.6 Å². The van der Waals surface area contributed by atoms with Crippen LogP contribution in [0.15, 0.2) is 0 Å². The molecule has 0 fully saturated rings. The lowest BCUT2D eigenvalue weighted by Crippen LogP contribution is -2.26. The number of hydrogen-bond acceptors (Lipinski definition) is 3. The van der Waals surface area contributed by atoms with Gasteiger partial charge in [0.25, 0.3) is 0 Å². The molecule has 1 heterocycles. The third kappa shape index (κ3) is 3.90. The van der Waals surface area contributed by atoms with E-state index in [1.165, 1.54) is 6.42 Å². The van der Waals surface area contributed by atoms with Gasteiger partial charge in [-0.25, -0.2) is 9.97 Å². The van der Waals surface area contributed by atoms with Crippen LogP contribution in [0.4, 0.5) is 0 Å². The summed E-state index contributed by atoms with van der Waals surface area (Å²) in [4.78, 5) is 9.12. The Morgan fingerprint density at radius 3 is 2.74 bits per heavy atom. The van der Waals surface area contributed by atoms with Gasteiger partial charge >= 0.3 is 0 Å². The molecule has 2 rings (SSSR count). The first-order valence-corrected chi connectivity index (χ1v) is 7.50. The van der Waals surface area contributed by atoms with E-state index in [2.05, 4.69) is 43.0 Å². The van der Waals surface area contributed by atoms with E-state index in [1.54, 1.807) is 0 Å². The van der Waals surface area contributed by atoms with Crippen LogP contribution in [0.1, 0.15) is 51.2 Å². The van der Waals surface area contributed by atoms with E-state index in [-0.39, 0.29) is 0 Å². The maximum Gasteiger partial charge on any atom is 0.144 e. The summed E-state index contributed by atoms with van der Waals surface area (Å²) in [6.45, 7) is 10.6. The van der Waals surface area contributed by atoms with Crippen molar-refractivity contribution >= 4 is 11.6 Å². The highest BCUT2D eigenvalue weighted by Crippen LogP contribution is 2.36. The maximum atomic E-state index is 6.34. The van der Waals surface area contributed by atoms with Crippen molar-refractivity contribution in [1.29, 1.82) is 0 Å². The summed E-state index contributed by atoms with van der Waals surface area (Å²) in [6, 6.07) is 0. The zero-order valence-electron chi connectivity index (χ0n) is 12.4. The fraction of sp³-hybridized carbons (Fsp3) is 0.733. The third-order valence-electron chi connectivity index (χ3n) is 3.62. The molecule has 1 N–H and O–H groups in total. The Hall–Kier alpha value is -0.670. The molecule has 1 aliphatic rings. The van der Waals surface area contributed by atoms with Crippen LogP contribution in [-0.2, 0) is 19.4 Å². The van der Waals surface area contributed by atoms with Gasteiger partial charge in [0.15, 0.2) is 0 Å². The number of aromatic nitrogens is 2. The summed E-state index contributed by atoms with van der Waals surface area (Å²) < 4.78 is 0. The molecule has 0 saturated carbocycles. The number of rotatable bonds is 4. The van der Waals surface area contributed by atoms with Gasteiger partial charge in [-0.05, 0) is 37.1 Å². The number of fused-ring (bicyclic) bond motifs is 1. The number of nitrogens with one attached hydrogen (secondary N) is 1. The molecule has 1 aliphatic carbocycles. The molecule has 0 bridgehead atoms. The highest BCUT2D eigenvalue weighted by atomic mass is 35.5. The largest absolute Gasteiger partial charge is 0.310 e. The molecule has 19 heavy (non-hydrogen) atoms. The Bertz CT molecular complexity index is 455. The number of nitrogens with zero attached hydrogens (tertiary/aromatic N) is 2. The minimum Gasteiger partial charge on any atom is -0.310 e. The van der Waals surface area contributed by atoms with Crippen molar-refractivity contribution in [3.05, 3.63) is 22.2 Å². The average molecular weight is 282 g/mol. The zero-order valence-corrected chi connectivity index (χ0v) is 13.1. The van der Waals surface area contributed by atoms with E-state index >= 15 is 0 Å². The van der Waals surface area contributed by atoms with Crippen molar-refractivity contribution in [3.63, 3.8) is 0 Å². The molecular formula is C15H24ClN3. The standard InChI is InChI=1S/C15H24ClN3/c1-10(2)8-17-9-13-18-12-5-6-15(3,4)7-11(12)14(16)19-13/h10,17H,5-9H2,1-4H3. The van der Waals surface area contributed by atoms with Crippen molar-refractivity contribution in [1.82, 2.24) is 15.3 Å². The first-order chi connectivity index (χ1) is 8.87. The van der Waals surface area contributed by atoms with Crippen LogP contribution in [0.5, 0.6) is 0 Å². The molecule has 4 heteroatoms. The molecule has 106 valence electrons. The van der Waals surface area contributed by atoms with Crippen LogP contribution in [-0.4, -0.2) is 16.5 Å². The molecule has 0 radical (unpaired) electrons. The molecule has 0 spiro atoms. The number of hydrogen-bond donors (Lipinski definition) is 1. The van der Waals surface area contributed by atoms with Crippen molar-refractivity contribution in [2.24, 2.45) is 11.3 Å². The molecule has 0 atom stereocenters. The summed E-state index contributed by atoms with van der Waals surface area (Å²) in [5, 5.41) is 4.02. The van der Waals surface area contributed by atoms with Crippen molar-refractivity contribution in [3.8, 4) is 0 Å². The van der Waals surface area contributed by atoms with Gasteiger partial charge in [-0.3, -0.25) is 0 Å². The quantitative estimate of drug-likeness (QED) is 0.860.